The van der Waals surface area contributed by atoms with E-state index in [1.807, 2.05) is 55.5 Å². The minimum atomic E-state index is -0.170. The number of nitrogens with zero attached hydrogens (tertiary/aromatic N) is 1. The van der Waals surface area contributed by atoms with Crippen LogP contribution in [-0.2, 0) is 9.53 Å². The standard InChI is InChI=1S/C19H22N2O3/c1-15-6-8-16(9-7-15)24-14-19(22)20-17-4-2-3-5-18(17)21-10-12-23-13-11-21/h2-9H,10-14H2,1H3,(H,20,22). The molecule has 0 spiro atoms. The molecule has 1 saturated heterocycles. The lowest BCUT2D eigenvalue weighted by Crippen LogP contribution is -2.36. The van der Waals surface area contributed by atoms with Crippen molar-refractivity contribution in [2.45, 2.75) is 6.92 Å². The smallest absolute Gasteiger partial charge is 0.262 e. The van der Waals surface area contributed by atoms with E-state index in [2.05, 4.69) is 10.2 Å². The lowest BCUT2D eigenvalue weighted by atomic mass is 10.2. The molecule has 3 rings (SSSR count). The Kier molecular flexibility index (Phi) is 5.33. The molecular formula is C19H22N2O3. The molecular weight excluding hydrogens is 304 g/mol. The van der Waals surface area contributed by atoms with Gasteiger partial charge in [0, 0.05) is 13.1 Å². The number of rotatable bonds is 5. The first-order valence-corrected chi connectivity index (χ1v) is 8.13. The fraction of sp³-hybridized carbons (Fsp3) is 0.316. The van der Waals surface area contributed by atoms with Crippen LogP contribution in [0.15, 0.2) is 48.5 Å². The summed E-state index contributed by atoms with van der Waals surface area (Å²) in [5.41, 5.74) is 2.98. The number of para-hydroxylation sites is 2. The third kappa shape index (κ3) is 4.26. The monoisotopic (exact) mass is 326 g/mol. The first-order chi connectivity index (χ1) is 11.7. The zero-order valence-electron chi connectivity index (χ0n) is 13.8. The number of anilines is 2. The summed E-state index contributed by atoms with van der Waals surface area (Å²) in [6.07, 6.45) is 0. The van der Waals surface area contributed by atoms with Crippen molar-refractivity contribution < 1.29 is 14.3 Å². The Morgan fingerprint density at radius 2 is 1.83 bits per heavy atom. The zero-order valence-corrected chi connectivity index (χ0v) is 13.8. The van der Waals surface area contributed by atoms with Crippen molar-refractivity contribution in [1.29, 1.82) is 0 Å². The number of hydrogen-bond acceptors (Lipinski definition) is 4. The van der Waals surface area contributed by atoms with Crippen molar-refractivity contribution in [2.24, 2.45) is 0 Å². The molecule has 2 aromatic rings. The average Bonchev–Trinajstić information content (AvgIpc) is 2.62. The Labute approximate surface area is 142 Å². The number of ether oxygens (including phenoxy) is 2. The molecule has 0 unspecified atom stereocenters. The molecule has 0 aliphatic carbocycles. The Hall–Kier alpha value is -2.53. The highest BCUT2D eigenvalue weighted by atomic mass is 16.5. The summed E-state index contributed by atoms with van der Waals surface area (Å²) in [6, 6.07) is 15.5. The minimum absolute atomic E-state index is 0.0134. The summed E-state index contributed by atoms with van der Waals surface area (Å²) in [5.74, 6) is 0.522. The van der Waals surface area contributed by atoms with E-state index in [1.54, 1.807) is 0 Å². The average molecular weight is 326 g/mol. The van der Waals surface area contributed by atoms with E-state index in [9.17, 15) is 4.79 Å². The number of morpholine rings is 1. The van der Waals surface area contributed by atoms with Gasteiger partial charge in [-0.1, -0.05) is 29.8 Å². The van der Waals surface area contributed by atoms with Gasteiger partial charge >= 0.3 is 0 Å². The van der Waals surface area contributed by atoms with Gasteiger partial charge in [-0.15, -0.1) is 0 Å². The van der Waals surface area contributed by atoms with E-state index in [-0.39, 0.29) is 12.5 Å². The SMILES string of the molecule is Cc1ccc(OCC(=O)Nc2ccccc2N2CCOCC2)cc1. The summed E-state index contributed by atoms with van der Waals surface area (Å²) in [6.45, 7) is 5.07. The molecule has 0 radical (unpaired) electrons. The third-order valence-corrected chi connectivity index (χ3v) is 3.92. The second-order valence-electron chi connectivity index (χ2n) is 5.77. The van der Waals surface area contributed by atoms with E-state index in [4.69, 9.17) is 9.47 Å². The van der Waals surface area contributed by atoms with Crippen molar-refractivity contribution in [3.63, 3.8) is 0 Å². The normalized spacial score (nSPS) is 14.3. The van der Waals surface area contributed by atoms with Crippen LogP contribution in [0.3, 0.4) is 0 Å². The number of amides is 1. The predicted molar refractivity (Wildman–Crippen MR) is 94.8 cm³/mol. The lowest BCUT2D eigenvalue weighted by molar-refractivity contribution is -0.118. The maximum atomic E-state index is 12.2. The molecule has 5 heteroatoms. The van der Waals surface area contributed by atoms with Crippen molar-refractivity contribution >= 4 is 17.3 Å². The molecule has 24 heavy (non-hydrogen) atoms. The highest BCUT2D eigenvalue weighted by Crippen LogP contribution is 2.26. The van der Waals surface area contributed by atoms with Gasteiger partial charge < -0.3 is 19.7 Å². The van der Waals surface area contributed by atoms with Gasteiger partial charge in [0.15, 0.2) is 6.61 Å². The van der Waals surface area contributed by atoms with Crippen molar-refractivity contribution in [3.8, 4) is 5.75 Å². The zero-order chi connectivity index (χ0) is 16.8. The summed E-state index contributed by atoms with van der Waals surface area (Å²) in [4.78, 5) is 14.4. The van der Waals surface area contributed by atoms with Gasteiger partial charge in [0.2, 0.25) is 0 Å². The van der Waals surface area contributed by atoms with Gasteiger partial charge in [0.1, 0.15) is 5.75 Å². The predicted octanol–water partition coefficient (Wildman–Crippen LogP) is 2.85. The van der Waals surface area contributed by atoms with E-state index < -0.39 is 0 Å². The number of aryl methyl sites for hydroxylation is 1. The van der Waals surface area contributed by atoms with Crippen LogP contribution < -0.4 is 15.0 Å². The highest BCUT2D eigenvalue weighted by Gasteiger charge is 2.15. The second-order valence-corrected chi connectivity index (χ2v) is 5.77. The summed E-state index contributed by atoms with van der Waals surface area (Å²) < 4.78 is 10.9. The molecule has 0 aromatic heterocycles. The number of nitrogens with one attached hydrogen (secondary N) is 1. The van der Waals surface area contributed by atoms with Gasteiger partial charge in [-0.25, -0.2) is 0 Å². The van der Waals surface area contributed by atoms with Crippen LogP contribution in [0.5, 0.6) is 5.75 Å². The van der Waals surface area contributed by atoms with Crippen LogP contribution in [0.1, 0.15) is 5.56 Å². The topological polar surface area (TPSA) is 50.8 Å². The second kappa shape index (κ2) is 7.84. The number of hydrogen-bond donors (Lipinski definition) is 1. The molecule has 1 heterocycles. The Morgan fingerprint density at radius 3 is 2.58 bits per heavy atom. The van der Waals surface area contributed by atoms with Crippen LogP contribution in [0.25, 0.3) is 0 Å². The highest BCUT2D eigenvalue weighted by molar-refractivity contribution is 5.95. The van der Waals surface area contributed by atoms with Crippen LogP contribution in [0, 0.1) is 6.92 Å². The number of carbonyl (C=O) groups is 1. The van der Waals surface area contributed by atoms with Crippen LogP contribution >= 0.6 is 0 Å². The molecule has 1 amide bonds. The molecule has 1 N–H and O–H groups in total. The number of carbonyl (C=O) groups excluding carboxylic acids is 1. The van der Waals surface area contributed by atoms with E-state index in [0.717, 1.165) is 30.0 Å². The molecule has 1 fully saturated rings. The fourth-order valence-corrected chi connectivity index (χ4v) is 2.63. The summed E-state index contributed by atoms with van der Waals surface area (Å²) >= 11 is 0. The summed E-state index contributed by atoms with van der Waals surface area (Å²) in [7, 11) is 0. The number of benzene rings is 2. The minimum Gasteiger partial charge on any atom is -0.484 e. The third-order valence-electron chi connectivity index (χ3n) is 3.92. The van der Waals surface area contributed by atoms with Crippen LogP contribution in [-0.4, -0.2) is 38.8 Å². The lowest BCUT2D eigenvalue weighted by Gasteiger charge is -2.30. The van der Waals surface area contributed by atoms with Crippen LogP contribution in [0.2, 0.25) is 0 Å². The molecule has 0 atom stereocenters. The molecule has 1 aliphatic rings. The first-order valence-electron chi connectivity index (χ1n) is 8.13. The first kappa shape index (κ1) is 16.3. The maximum absolute atomic E-state index is 12.2. The molecule has 0 bridgehead atoms. The van der Waals surface area contributed by atoms with Gasteiger partial charge in [0.25, 0.3) is 5.91 Å². The summed E-state index contributed by atoms with van der Waals surface area (Å²) in [5, 5.41) is 2.94. The van der Waals surface area contributed by atoms with E-state index in [0.29, 0.717) is 19.0 Å². The quantitative estimate of drug-likeness (QED) is 0.918. The Bertz CT molecular complexity index is 679. The molecule has 2 aromatic carbocycles. The van der Waals surface area contributed by atoms with Crippen molar-refractivity contribution in [2.75, 3.05) is 43.1 Å². The molecule has 1 aliphatic heterocycles. The van der Waals surface area contributed by atoms with Crippen LogP contribution in [0.4, 0.5) is 11.4 Å². The Balaban J connectivity index is 1.60. The van der Waals surface area contributed by atoms with Crippen molar-refractivity contribution in [3.05, 3.63) is 54.1 Å². The molecule has 5 nitrogen and oxygen atoms in total. The van der Waals surface area contributed by atoms with Crippen molar-refractivity contribution in [1.82, 2.24) is 0 Å². The Morgan fingerprint density at radius 1 is 1.12 bits per heavy atom. The fourth-order valence-electron chi connectivity index (χ4n) is 2.63. The van der Waals surface area contributed by atoms with Gasteiger partial charge in [-0.05, 0) is 31.2 Å². The molecule has 126 valence electrons. The van der Waals surface area contributed by atoms with Gasteiger partial charge in [-0.3, -0.25) is 4.79 Å². The largest absolute Gasteiger partial charge is 0.484 e. The van der Waals surface area contributed by atoms with Gasteiger partial charge in [0.05, 0.1) is 24.6 Å². The van der Waals surface area contributed by atoms with E-state index >= 15 is 0 Å². The maximum Gasteiger partial charge on any atom is 0.262 e. The van der Waals surface area contributed by atoms with Gasteiger partial charge in [-0.2, -0.15) is 0 Å². The molecule has 0 saturated carbocycles. The van der Waals surface area contributed by atoms with E-state index in [1.165, 1.54) is 0 Å².